The predicted molar refractivity (Wildman–Crippen MR) is 115 cm³/mol. The maximum atomic E-state index is 12.3. The number of amides is 1. The molecule has 1 amide bonds. The summed E-state index contributed by atoms with van der Waals surface area (Å²) >= 11 is 0. The first-order valence-electron chi connectivity index (χ1n) is 10.2. The fourth-order valence-corrected chi connectivity index (χ4v) is 3.02. The zero-order valence-corrected chi connectivity index (χ0v) is 18.0. The van der Waals surface area contributed by atoms with Crippen LogP contribution in [-0.4, -0.2) is 44.0 Å². The minimum Gasteiger partial charge on any atom is -0.486 e. The number of hydrogen-bond donors (Lipinski definition) is 1. The molecule has 2 aromatic carbocycles. The molecule has 0 aromatic heterocycles. The number of ketones is 1. The van der Waals surface area contributed by atoms with Crippen molar-refractivity contribution in [3.8, 4) is 11.5 Å². The van der Waals surface area contributed by atoms with E-state index >= 15 is 0 Å². The predicted octanol–water partition coefficient (Wildman–Crippen LogP) is 3.30. The standard InChI is InChI=1S/C24H27NO6/c1-24(2,3)18-7-4-16(5-8-18)23(28)25-11-10-22(27)31-15-19(26)17-6-9-20-21(14-17)30-13-12-29-20/h4-9,14H,10-13,15H2,1-3H3,(H,25,28). The van der Waals surface area contributed by atoms with Crippen molar-refractivity contribution in [2.75, 3.05) is 26.4 Å². The van der Waals surface area contributed by atoms with Crippen LogP contribution in [0.3, 0.4) is 0 Å². The highest BCUT2D eigenvalue weighted by atomic mass is 16.6. The molecule has 0 spiro atoms. The monoisotopic (exact) mass is 425 g/mol. The average molecular weight is 425 g/mol. The first-order valence-corrected chi connectivity index (χ1v) is 10.2. The summed E-state index contributed by atoms with van der Waals surface area (Å²) in [6.45, 7) is 6.95. The fourth-order valence-electron chi connectivity index (χ4n) is 3.02. The number of nitrogens with one attached hydrogen (secondary N) is 1. The van der Waals surface area contributed by atoms with E-state index in [4.69, 9.17) is 14.2 Å². The van der Waals surface area contributed by atoms with E-state index in [1.165, 1.54) is 0 Å². The van der Waals surface area contributed by atoms with Crippen LogP contribution in [0.25, 0.3) is 0 Å². The van der Waals surface area contributed by atoms with Crippen LogP contribution in [0.2, 0.25) is 0 Å². The second-order valence-electron chi connectivity index (χ2n) is 8.28. The molecule has 0 aliphatic carbocycles. The second-order valence-corrected chi connectivity index (χ2v) is 8.28. The molecule has 7 nitrogen and oxygen atoms in total. The Bertz CT molecular complexity index is 959. The van der Waals surface area contributed by atoms with Gasteiger partial charge in [0.2, 0.25) is 0 Å². The lowest BCUT2D eigenvalue weighted by molar-refractivity contribution is -0.142. The largest absolute Gasteiger partial charge is 0.486 e. The van der Waals surface area contributed by atoms with Crippen molar-refractivity contribution in [2.45, 2.75) is 32.6 Å². The Morgan fingerprint density at radius 2 is 1.58 bits per heavy atom. The van der Waals surface area contributed by atoms with E-state index in [1.807, 2.05) is 12.1 Å². The third kappa shape index (κ3) is 6.07. The van der Waals surface area contributed by atoms with Gasteiger partial charge in [-0.1, -0.05) is 32.9 Å². The molecule has 0 saturated carbocycles. The van der Waals surface area contributed by atoms with Gasteiger partial charge in [0.05, 0.1) is 6.42 Å². The Kier molecular flexibility index (Phi) is 6.95. The molecule has 7 heteroatoms. The summed E-state index contributed by atoms with van der Waals surface area (Å²) < 4.78 is 15.9. The van der Waals surface area contributed by atoms with Gasteiger partial charge in [-0.25, -0.2) is 0 Å². The summed E-state index contributed by atoms with van der Waals surface area (Å²) in [5.74, 6) is -0.0755. The number of carbonyl (C=O) groups is 3. The van der Waals surface area contributed by atoms with Crippen LogP contribution in [0.5, 0.6) is 11.5 Å². The maximum absolute atomic E-state index is 12.3. The van der Waals surface area contributed by atoms with E-state index in [0.29, 0.717) is 35.8 Å². The molecule has 0 unspecified atom stereocenters. The first-order chi connectivity index (χ1) is 14.7. The molecule has 1 heterocycles. The Morgan fingerprint density at radius 1 is 0.935 bits per heavy atom. The third-order valence-corrected chi connectivity index (χ3v) is 4.86. The van der Waals surface area contributed by atoms with E-state index in [9.17, 15) is 14.4 Å². The normalized spacial score (nSPS) is 12.7. The van der Waals surface area contributed by atoms with Gasteiger partial charge < -0.3 is 19.5 Å². The van der Waals surface area contributed by atoms with Crippen LogP contribution < -0.4 is 14.8 Å². The van der Waals surface area contributed by atoms with Crippen LogP contribution in [0.1, 0.15) is 53.5 Å². The van der Waals surface area contributed by atoms with Crippen molar-refractivity contribution in [3.63, 3.8) is 0 Å². The van der Waals surface area contributed by atoms with E-state index in [1.54, 1.807) is 30.3 Å². The van der Waals surface area contributed by atoms with Gasteiger partial charge in [0.25, 0.3) is 5.91 Å². The van der Waals surface area contributed by atoms with Crippen LogP contribution in [-0.2, 0) is 14.9 Å². The van der Waals surface area contributed by atoms with Gasteiger partial charge in [-0.2, -0.15) is 0 Å². The molecular weight excluding hydrogens is 398 g/mol. The van der Waals surface area contributed by atoms with Crippen LogP contribution in [0.4, 0.5) is 0 Å². The molecule has 31 heavy (non-hydrogen) atoms. The van der Waals surface area contributed by atoms with E-state index in [0.717, 1.165) is 5.56 Å². The summed E-state index contributed by atoms with van der Waals surface area (Å²) in [6.07, 6.45) is -0.0275. The first kappa shape index (κ1) is 22.3. The molecule has 0 atom stereocenters. The molecule has 1 aliphatic rings. The minimum atomic E-state index is -0.561. The smallest absolute Gasteiger partial charge is 0.308 e. The van der Waals surface area contributed by atoms with Gasteiger partial charge in [0.15, 0.2) is 23.9 Å². The van der Waals surface area contributed by atoms with Crippen molar-refractivity contribution >= 4 is 17.7 Å². The number of carbonyl (C=O) groups excluding carboxylic acids is 3. The van der Waals surface area contributed by atoms with Crippen LogP contribution >= 0.6 is 0 Å². The summed E-state index contributed by atoms with van der Waals surface area (Å²) in [5.41, 5.74) is 2.05. The van der Waals surface area contributed by atoms with Crippen molar-refractivity contribution in [1.29, 1.82) is 0 Å². The molecule has 0 saturated heterocycles. The average Bonchev–Trinajstić information content (AvgIpc) is 2.76. The van der Waals surface area contributed by atoms with Crippen LogP contribution in [0, 0.1) is 0 Å². The highest BCUT2D eigenvalue weighted by molar-refractivity contribution is 5.98. The van der Waals surface area contributed by atoms with Crippen molar-refractivity contribution in [2.24, 2.45) is 0 Å². The molecule has 0 fully saturated rings. The summed E-state index contributed by atoms with van der Waals surface area (Å²) in [6, 6.07) is 12.2. The maximum Gasteiger partial charge on any atom is 0.308 e. The zero-order chi connectivity index (χ0) is 22.4. The van der Waals surface area contributed by atoms with E-state index in [2.05, 4.69) is 26.1 Å². The zero-order valence-electron chi connectivity index (χ0n) is 18.0. The SMILES string of the molecule is CC(C)(C)c1ccc(C(=O)NCCC(=O)OCC(=O)c2ccc3c(c2)OCCO3)cc1. The lowest BCUT2D eigenvalue weighted by atomic mass is 9.87. The molecule has 1 N–H and O–H groups in total. The van der Waals surface area contributed by atoms with Crippen LogP contribution in [0.15, 0.2) is 42.5 Å². The van der Waals surface area contributed by atoms with E-state index in [-0.39, 0.29) is 36.7 Å². The number of fused-ring (bicyclic) bond motifs is 1. The lowest BCUT2D eigenvalue weighted by Crippen LogP contribution is -2.27. The number of esters is 1. The summed E-state index contributed by atoms with van der Waals surface area (Å²) in [5, 5.41) is 2.69. The Morgan fingerprint density at radius 3 is 2.26 bits per heavy atom. The van der Waals surface area contributed by atoms with Gasteiger partial charge >= 0.3 is 5.97 Å². The Hall–Kier alpha value is -3.35. The number of Topliss-reactive ketones (excluding diaryl/α,β-unsaturated/α-hetero) is 1. The number of ether oxygens (including phenoxy) is 3. The van der Waals surface area contributed by atoms with Crippen molar-refractivity contribution in [3.05, 3.63) is 59.2 Å². The molecule has 0 bridgehead atoms. The number of rotatable bonds is 7. The molecule has 0 radical (unpaired) electrons. The van der Waals surface area contributed by atoms with Gasteiger partial charge in [-0.15, -0.1) is 0 Å². The van der Waals surface area contributed by atoms with Crippen molar-refractivity contribution in [1.82, 2.24) is 5.32 Å². The topological polar surface area (TPSA) is 90.9 Å². The highest BCUT2D eigenvalue weighted by Gasteiger charge is 2.17. The van der Waals surface area contributed by atoms with E-state index < -0.39 is 5.97 Å². The summed E-state index contributed by atoms with van der Waals surface area (Å²) in [4.78, 5) is 36.4. The van der Waals surface area contributed by atoms with Gasteiger partial charge in [0, 0.05) is 17.7 Å². The lowest BCUT2D eigenvalue weighted by Gasteiger charge is -2.19. The van der Waals surface area contributed by atoms with Gasteiger partial charge in [-0.05, 0) is 41.3 Å². The molecule has 2 aromatic rings. The minimum absolute atomic E-state index is 0.0100. The Balaban J connectivity index is 1.41. The van der Waals surface area contributed by atoms with Gasteiger partial charge in [-0.3, -0.25) is 14.4 Å². The fraction of sp³-hybridized carbons (Fsp3) is 0.375. The molecule has 1 aliphatic heterocycles. The summed E-state index contributed by atoms with van der Waals surface area (Å²) in [7, 11) is 0. The third-order valence-electron chi connectivity index (χ3n) is 4.86. The molecule has 164 valence electrons. The molecular formula is C24H27NO6. The quantitative estimate of drug-likeness (QED) is 0.541. The molecule has 3 rings (SSSR count). The Labute approximate surface area is 181 Å². The highest BCUT2D eigenvalue weighted by Crippen LogP contribution is 2.30. The van der Waals surface area contributed by atoms with Crippen molar-refractivity contribution < 1.29 is 28.6 Å². The number of benzene rings is 2. The second kappa shape index (κ2) is 9.64. The number of hydrogen-bond acceptors (Lipinski definition) is 6. The van der Waals surface area contributed by atoms with Gasteiger partial charge in [0.1, 0.15) is 13.2 Å².